The SMILES string of the molecule is CCCCCCCCc1ccc(OCCOCCOCCOC(C)S(=O)(=O)O)cc1. The summed E-state index contributed by atoms with van der Waals surface area (Å²) in [4.78, 5) is 0. The molecule has 0 saturated carbocycles. The van der Waals surface area contributed by atoms with E-state index >= 15 is 0 Å². The van der Waals surface area contributed by atoms with Gasteiger partial charge in [-0.2, -0.15) is 8.42 Å². The van der Waals surface area contributed by atoms with Crippen LogP contribution in [0.25, 0.3) is 0 Å². The molecular weight excluding hydrogens is 408 g/mol. The third-order valence-electron chi connectivity index (χ3n) is 4.61. The normalized spacial score (nSPS) is 12.8. The number of benzene rings is 1. The maximum atomic E-state index is 10.8. The highest BCUT2D eigenvalue weighted by molar-refractivity contribution is 7.86. The number of rotatable bonds is 19. The van der Waals surface area contributed by atoms with E-state index in [-0.39, 0.29) is 13.2 Å². The molecule has 0 heterocycles. The van der Waals surface area contributed by atoms with Crippen LogP contribution in [0.15, 0.2) is 24.3 Å². The second-order valence-electron chi connectivity index (χ2n) is 7.19. The lowest BCUT2D eigenvalue weighted by atomic mass is 10.0. The van der Waals surface area contributed by atoms with E-state index < -0.39 is 15.6 Å². The summed E-state index contributed by atoms with van der Waals surface area (Å²) in [5.74, 6) is 0.839. The first-order valence-corrected chi connectivity index (χ1v) is 12.4. The van der Waals surface area contributed by atoms with Crippen LogP contribution in [0, 0.1) is 0 Å². The van der Waals surface area contributed by atoms with E-state index in [1.807, 2.05) is 12.1 Å². The van der Waals surface area contributed by atoms with Crippen LogP contribution in [-0.4, -0.2) is 58.0 Å². The van der Waals surface area contributed by atoms with Crippen molar-refractivity contribution >= 4 is 10.1 Å². The summed E-state index contributed by atoms with van der Waals surface area (Å²) in [7, 11) is -4.16. The first kappa shape index (κ1) is 26.8. The average molecular weight is 447 g/mol. The van der Waals surface area contributed by atoms with Gasteiger partial charge in [0.1, 0.15) is 12.4 Å². The molecule has 0 aliphatic carbocycles. The first-order valence-electron chi connectivity index (χ1n) is 10.9. The van der Waals surface area contributed by atoms with Crippen molar-refractivity contribution in [2.45, 2.75) is 64.2 Å². The summed E-state index contributed by atoms with van der Waals surface area (Å²) >= 11 is 0. The number of aryl methyl sites for hydroxylation is 1. The number of unbranched alkanes of at least 4 members (excludes halogenated alkanes) is 5. The van der Waals surface area contributed by atoms with Crippen LogP contribution < -0.4 is 4.74 Å². The second-order valence-corrected chi connectivity index (χ2v) is 8.88. The molecule has 0 radical (unpaired) electrons. The van der Waals surface area contributed by atoms with Gasteiger partial charge in [0, 0.05) is 0 Å². The lowest BCUT2D eigenvalue weighted by Crippen LogP contribution is -2.22. The number of hydrogen-bond acceptors (Lipinski definition) is 6. The molecular formula is C22H38O7S. The van der Waals surface area contributed by atoms with Gasteiger partial charge in [-0.25, -0.2) is 0 Å². The van der Waals surface area contributed by atoms with E-state index in [0.717, 1.165) is 12.2 Å². The Morgan fingerprint density at radius 3 is 2.03 bits per heavy atom. The van der Waals surface area contributed by atoms with Crippen molar-refractivity contribution in [2.75, 3.05) is 39.6 Å². The Balaban J connectivity index is 1.96. The molecule has 30 heavy (non-hydrogen) atoms. The standard InChI is InChI=1S/C22H38O7S/c1-3-4-5-6-7-8-9-21-10-12-22(13-11-21)29-19-17-27-15-14-26-16-18-28-20(2)30(23,24)25/h10-13,20H,3-9,14-19H2,1-2H3,(H,23,24,25). The zero-order valence-electron chi connectivity index (χ0n) is 18.4. The van der Waals surface area contributed by atoms with Crippen LogP contribution in [0.1, 0.15) is 57.9 Å². The van der Waals surface area contributed by atoms with Gasteiger partial charge in [-0.3, -0.25) is 4.55 Å². The van der Waals surface area contributed by atoms with Crippen LogP contribution in [0.3, 0.4) is 0 Å². The molecule has 1 rings (SSSR count). The number of hydrogen-bond donors (Lipinski definition) is 1. The third-order valence-corrected chi connectivity index (χ3v) is 5.59. The molecule has 0 amide bonds. The van der Waals surface area contributed by atoms with Gasteiger partial charge in [-0.15, -0.1) is 0 Å². The highest BCUT2D eigenvalue weighted by Gasteiger charge is 2.16. The largest absolute Gasteiger partial charge is 0.491 e. The van der Waals surface area contributed by atoms with Crippen molar-refractivity contribution in [3.05, 3.63) is 29.8 Å². The highest BCUT2D eigenvalue weighted by atomic mass is 32.2. The Kier molecular flexibility index (Phi) is 14.8. The van der Waals surface area contributed by atoms with Crippen LogP contribution >= 0.6 is 0 Å². The Morgan fingerprint density at radius 1 is 0.833 bits per heavy atom. The van der Waals surface area contributed by atoms with E-state index in [1.54, 1.807) is 0 Å². The van der Waals surface area contributed by atoms with E-state index in [4.69, 9.17) is 23.5 Å². The van der Waals surface area contributed by atoms with Crippen molar-refractivity contribution in [2.24, 2.45) is 0 Å². The van der Waals surface area contributed by atoms with E-state index in [9.17, 15) is 8.42 Å². The van der Waals surface area contributed by atoms with Crippen molar-refractivity contribution in [3.63, 3.8) is 0 Å². The van der Waals surface area contributed by atoms with Crippen molar-refractivity contribution in [1.82, 2.24) is 0 Å². The summed E-state index contributed by atoms with van der Waals surface area (Å²) in [5.41, 5.74) is 0.0975. The lowest BCUT2D eigenvalue weighted by Gasteiger charge is -2.10. The highest BCUT2D eigenvalue weighted by Crippen LogP contribution is 2.15. The topological polar surface area (TPSA) is 91.3 Å². The fraction of sp³-hybridized carbons (Fsp3) is 0.727. The first-order chi connectivity index (χ1) is 14.4. The molecule has 1 atom stereocenters. The van der Waals surface area contributed by atoms with Gasteiger partial charge in [0.15, 0.2) is 5.44 Å². The Bertz CT molecular complexity index is 631. The van der Waals surface area contributed by atoms with Crippen LogP contribution in [0.4, 0.5) is 0 Å². The number of ether oxygens (including phenoxy) is 4. The molecule has 1 N–H and O–H groups in total. The summed E-state index contributed by atoms with van der Waals surface area (Å²) in [6, 6.07) is 8.26. The molecule has 0 saturated heterocycles. The van der Waals surface area contributed by atoms with Gasteiger partial charge in [-0.1, -0.05) is 51.2 Å². The predicted molar refractivity (Wildman–Crippen MR) is 118 cm³/mol. The Morgan fingerprint density at radius 2 is 1.40 bits per heavy atom. The van der Waals surface area contributed by atoms with Crippen LogP contribution in [0.2, 0.25) is 0 Å². The van der Waals surface area contributed by atoms with E-state index in [1.165, 1.54) is 51.0 Å². The second kappa shape index (κ2) is 16.5. The monoisotopic (exact) mass is 446 g/mol. The lowest BCUT2D eigenvalue weighted by molar-refractivity contribution is 0.00458. The van der Waals surface area contributed by atoms with Gasteiger partial charge in [-0.05, 0) is 37.5 Å². The molecule has 0 spiro atoms. The van der Waals surface area contributed by atoms with Gasteiger partial charge < -0.3 is 18.9 Å². The van der Waals surface area contributed by atoms with Gasteiger partial charge in [0.05, 0.1) is 33.0 Å². The van der Waals surface area contributed by atoms with Crippen LogP contribution in [0.5, 0.6) is 5.75 Å². The minimum atomic E-state index is -4.16. The zero-order chi connectivity index (χ0) is 22.1. The van der Waals surface area contributed by atoms with Gasteiger partial charge in [0.25, 0.3) is 10.1 Å². The van der Waals surface area contributed by atoms with E-state index in [2.05, 4.69) is 19.1 Å². The fourth-order valence-electron chi connectivity index (χ4n) is 2.76. The molecule has 0 aliphatic heterocycles. The summed E-state index contributed by atoms with van der Waals surface area (Å²) in [6.07, 6.45) is 8.98. The summed E-state index contributed by atoms with van der Waals surface area (Å²) in [5, 5.41) is 0. The smallest absolute Gasteiger partial charge is 0.291 e. The fourth-order valence-corrected chi connectivity index (χ4v) is 3.03. The van der Waals surface area contributed by atoms with Crippen molar-refractivity contribution in [1.29, 1.82) is 0 Å². The minimum absolute atomic E-state index is 0.0823. The summed E-state index contributed by atoms with van der Waals surface area (Å²) < 4.78 is 51.6. The Labute approximate surface area is 181 Å². The Hall–Kier alpha value is -1.19. The van der Waals surface area contributed by atoms with Gasteiger partial charge in [0.2, 0.25) is 0 Å². The summed E-state index contributed by atoms with van der Waals surface area (Å²) in [6.45, 7) is 5.52. The molecule has 174 valence electrons. The molecule has 7 nitrogen and oxygen atoms in total. The van der Waals surface area contributed by atoms with Crippen molar-refractivity contribution < 1.29 is 31.9 Å². The zero-order valence-corrected chi connectivity index (χ0v) is 19.2. The average Bonchev–Trinajstić information content (AvgIpc) is 2.72. The molecule has 1 unspecified atom stereocenters. The predicted octanol–water partition coefficient (Wildman–Crippen LogP) is 4.25. The molecule has 1 aromatic rings. The van der Waals surface area contributed by atoms with Crippen molar-refractivity contribution in [3.8, 4) is 5.75 Å². The molecule has 8 heteroatoms. The van der Waals surface area contributed by atoms with Crippen LogP contribution in [-0.2, 0) is 30.7 Å². The maximum absolute atomic E-state index is 10.8. The maximum Gasteiger partial charge on any atom is 0.291 e. The molecule has 0 fully saturated rings. The molecule has 1 aromatic carbocycles. The molecule has 0 aromatic heterocycles. The third kappa shape index (κ3) is 13.9. The molecule has 0 bridgehead atoms. The van der Waals surface area contributed by atoms with Gasteiger partial charge >= 0.3 is 0 Å². The molecule has 0 aliphatic rings. The quantitative estimate of drug-likeness (QED) is 0.251. The van der Waals surface area contributed by atoms with E-state index in [0.29, 0.717) is 26.4 Å². The minimum Gasteiger partial charge on any atom is -0.491 e.